The quantitative estimate of drug-likeness (QED) is 0.280. The number of sulfonamides is 1. The Morgan fingerprint density at radius 2 is 1.51 bits per heavy atom. The maximum atomic E-state index is 14.2. The molecule has 0 spiro atoms. The zero-order valence-electron chi connectivity index (χ0n) is 24.2. The molecule has 2 amide bonds. The third-order valence-corrected chi connectivity index (χ3v) is 9.13. The number of rotatable bonds is 10. The highest BCUT2D eigenvalue weighted by atomic mass is 35.5. The number of hydrogen-bond donors (Lipinski definition) is 1. The molecule has 0 heterocycles. The Bertz CT molecular complexity index is 1500. The summed E-state index contributed by atoms with van der Waals surface area (Å²) in [5, 5.41) is 3.75. The first kappa shape index (κ1) is 32.4. The molecule has 0 aromatic heterocycles. The first-order valence-corrected chi connectivity index (χ1v) is 15.5. The van der Waals surface area contributed by atoms with E-state index in [9.17, 15) is 18.0 Å². The predicted octanol–water partition coefficient (Wildman–Crippen LogP) is 6.53. The minimum absolute atomic E-state index is 0.0154. The van der Waals surface area contributed by atoms with Crippen molar-refractivity contribution in [3.8, 4) is 0 Å². The molecule has 1 N–H and O–H groups in total. The summed E-state index contributed by atoms with van der Waals surface area (Å²) in [5.74, 6) is -0.900. The topological polar surface area (TPSA) is 86.8 Å². The molecule has 0 radical (unpaired) electrons. The lowest BCUT2D eigenvalue weighted by Gasteiger charge is -2.35. The number of benzene rings is 3. The van der Waals surface area contributed by atoms with Crippen LogP contribution in [-0.4, -0.2) is 43.3 Å². The van der Waals surface area contributed by atoms with Gasteiger partial charge in [0, 0.05) is 22.1 Å². The largest absolute Gasteiger partial charge is 0.350 e. The number of amides is 2. The lowest BCUT2D eigenvalue weighted by atomic mass is 10.1. The van der Waals surface area contributed by atoms with Crippen molar-refractivity contribution in [3.63, 3.8) is 0 Å². The van der Waals surface area contributed by atoms with Crippen LogP contribution in [0.4, 0.5) is 5.69 Å². The van der Waals surface area contributed by atoms with Crippen molar-refractivity contribution < 1.29 is 18.0 Å². The van der Waals surface area contributed by atoms with Crippen molar-refractivity contribution >= 4 is 50.7 Å². The number of nitrogens with one attached hydrogen (secondary N) is 1. The fourth-order valence-corrected chi connectivity index (χ4v) is 6.24. The highest BCUT2D eigenvalue weighted by molar-refractivity contribution is 7.92. The van der Waals surface area contributed by atoms with E-state index >= 15 is 0 Å². The van der Waals surface area contributed by atoms with Crippen LogP contribution in [0.15, 0.2) is 71.6 Å². The molecular formula is C31H37Cl2N3O4S. The van der Waals surface area contributed by atoms with Crippen molar-refractivity contribution in [2.24, 2.45) is 0 Å². The minimum atomic E-state index is -4.20. The van der Waals surface area contributed by atoms with E-state index in [0.717, 1.165) is 9.87 Å². The summed E-state index contributed by atoms with van der Waals surface area (Å²) in [5.41, 5.74) is 1.77. The van der Waals surface area contributed by atoms with Crippen molar-refractivity contribution in [1.29, 1.82) is 0 Å². The van der Waals surface area contributed by atoms with E-state index in [1.54, 1.807) is 61.5 Å². The Labute approximate surface area is 253 Å². The summed E-state index contributed by atoms with van der Waals surface area (Å²) < 4.78 is 29.2. The SMILES string of the molecule is CC[C@H](C(=O)NC(C)(C)C)N(Cc1ccccc1Cl)C(=O)CN(c1cccc(Cl)c1C)S(=O)(=O)c1ccc(C)cc1. The van der Waals surface area contributed by atoms with E-state index in [-0.39, 0.29) is 23.0 Å². The Kier molecular flexibility index (Phi) is 10.5. The molecule has 0 fully saturated rings. The number of hydrogen-bond acceptors (Lipinski definition) is 4. The van der Waals surface area contributed by atoms with Crippen molar-refractivity contribution in [1.82, 2.24) is 10.2 Å². The van der Waals surface area contributed by atoms with Crippen molar-refractivity contribution in [2.45, 2.75) is 71.0 Å². The highest BCUT2D eigenvalue weighted by Gasteiger charge is 2.35. The summed E-state index contributed by atoms with van der Waals surface area (Å²) in [4.78, 5) is 29.1. The van der Waals surface area contributed by atoms with Gasteiger partial charge in [0.15, 0.2) is 0 Å². The molecule has 3 aromatic carbocycles. The van der Waals surface area contributed by atoms with Gasteiger partial charge in [0.05, 0.1) is 10.6 Å². The zero-order chi connectivity index (χ0) is 30.5. The van der Waals surface area contributed by atoms with Crippen LogP contribution in [0.25, 0.3) is 0 Å². The van der Waals surface area contributed by atoms with Gasteiger partial charge in [0.2, 0.25) is 11.8 Å². The van der Waals surface area contributed by atoms with Gasteiger partial charge < -0.3 is 10.2 Å². The Hall–Kier alpha value is -3.07. The van der Waals surface area contributed by atoms with Crippen molar-refractivity contribution in [2.75, 3.05) is 10.8 Å². The maximum Gasteiger partial charge on any atom is 0.264 e. The molecule has 7 nitrogen and oxygen atoms in total. The number of halogens is 2. The van der Waals surface area contributed by atoms with Crippen LogP contribution >= 0.6 is 23.2 Å². The normalized spacial score (nSPS) is 12.5. The monoisotopic (exact) mass is 617 g/mol. The molecular weight excluding hydrogens is 581 g/mol. The molecule has 3 rings (SSSR count). The van der Waals surface area contributed by atoms with Crippen LogP contribution in [0.3, 0.4) is 0 Å². The zero-order valence-corrected chi connectivity index (χ0v) is 26.6. The molecule has 10 heteroatoms. The molecule has 0 saturated heterocycles. The molecule has 1 atom stereocenters. The highest BCUT2D eigenvalue weighted by Crippen LogP contribution is 2.31. The van der Waals surface area contributed by atoms with Gasteiger partial charge >= 0.3 is 0 Å². The number of aryl methyl sites for hydroxylation is 1. The third-order valence-electron chi connectivity index (χ3n) is 6.58. The van der Waals surface area contributed by atoms with Gasteiger partial charge in [-0.15, -0.1) is 0 Å². The Balaban J connectivity index is 2.13. The first-order valence-electron chi connectivity index (χ1n) is 13.3. The average Bonchev–Trinajstić information content (AvgIpc) is 2.89. The maximum absolute atomic E-state index is 14.2. The average molecular weight is 619 g/mol. The Morgan fingerprint density at radius 3 is 2.10 bits per heavy atom. The second-order valence-electron chi connectivity index (χ2n) is 11.0. The summed E-state index contributed by atoms with van der Waals surface area (Å²) in [7, 11) is -4.20. The van der Waals surface area contributed by atoms with Crippen LogP contribution in [0.5, 0.6) is 0 Å². The van der Waals surface area contributed by atoms with Gasteiger partial charge in [-0.05, 0) is 82.5 Å². The minimum Gasteiger partial charge on any atom is -0.350 e. The van der Waals surface area contributed by atoms with Gasteiger partial charge in [-0.3, -0.25) is 13.9 Å². The van der Waals surface area contributed by atoms with E-state index in [4.69, 9.17) is 23.2 Å². The van der Waals surface area contributed by atoms with E-state index < -0.39 is 34.1 Å². The number of anilines is 1. The van der Waals surface area contributed by atoms with E-state index in [2.05, 4.69) is 5.32 Å². The molecule has 0 aliphatic heterocycles. The second-order valence-corrected chi connectivity index (χ2v) is 13.7. The lowest BCUT2D eigenvalue weighted by Crippen LogP contribution is -2.55. The third kappa shape index (κ3) is 8.03. The van der Waals surface area contributed by atoms with Gasteiger partial charge in [0.25, 0.3) is 10.0 Å². The van der Waals surface area contributed by atoms with Crippen LogP contribution < -0.4 is 9.62 Å². The predicted molar refractivity (Wildman–Crippen MR) is 166 cm³/mol. The van der Waals surface area contributed by atoms with Crippen LogP contribution in [0.2, 0.25) is 10.0 Å². The standard InChI is InChI=1S/C31H37Cl2N3O4S/c1-7-27(30(38)34-31(4,5)6)35(19-23-11-8-9-12-26(23)33)29(37)20-36(28-14-10-13-25(32)22(28)3)41(39,40)24-17-15-21(2)16-18-24/h8-18,27H,7,19-20H2,1-6H3,(H,34,38)/t27-/m1/s1. The van der Waals surface area contributed by atoms with Crippen molar-refractivity contribution in [3.05, 3.63) is 93.5 Å². The molecule has 0 unspecified atom stereocenters. The van der Waals surface area contributed by atoms with Gasteiger partial charge in [-0.1, -0.05) is 72.1 Å². The fourth-order valence-electron chi connectivity index (χ4n) is 4.40. The van der Waals surface area contributed by atoms with Gasteiger partial charge in [0.1, 0.15) is 12.6 Å². The summed E-state index contributed by atoms with van der Waals surface area (Å²) in [6, 6.07) is 17.5. The first-order chi connectivity index (χ1) is 19.2. The number of carbonyl (C=O) groups is 2. The summed E-state index contributed by atoms with van der Waals surface area (Å²) in [6.45, 7) is 10.4. The molecule has 0 bridgehead atoms. The molecule has 220 valence electrons. The molecule has 0 saturated carbocycles. The second kappa shape index (κ2) is 13.3. The van der Waals surface area contributed by atoms with Gasteiger partial charge in [-0.2, -0.15) is 0 Å². The van der Waals surface area contributed by atoms with E-state index in [1.165, 1.54) is 17.0 Å². The summed E-state index contributed by atoms with van der Waals surface area (Å²) in [6.07, 6.45) is 0.305. The van der Waals surface area contributed by atoms with Crippen LogP contribution in [-0.2, 0) is 26.2 Å². The van der Waals surface area contributed by atoms with Gasteiger partial charge in [-0.25, -0.2) is 8.42 Å². The summed E-state index contributed by atoms with van der Waals surface area (Å²) >= 11 is 12.8. The van der Waals surface area contributed by atoms with E-state index in [0.29, 0.717) is 27.6 Å². The molecule has 0 aliphatic carbocycles. The molecule has 3 aromatic rings. The smallest absolute Gasteiger partial charge is 0.264 e. The number of nitrogens with zero attached hydrogens (tertiary/aromatic N) is 2. The Morgan fingerprint density at radius 1 is 0.902 bits per heavy atom. The van der Waals surface area contributed by atoms with Crippen LogP contribution in [0, 0.1) is 13.8 Å². The fraction of sp³-hybridized carbons (Fsp3) is 0.355. The van der Waals surface area contributed by atoms with E-state index in [1.807, 2.05) is 34.6 Å². The molecule has 0 aliphatic rings. The molecule has 41 heavy (non-hydrogen) atoms. The number of carbonyl (C=O) groups excluding carboxylic acids is 2. The lowest BCUT2D eigenvalue weighted by molar-refractivity contribution is -0.141. The van der Waals surface area contributed by atoms with Crippen LogP contribution in [0.1, 0.15) is 50.8 Å².